The third-order valence-electron chi connectivity index (χ3n) is 5.26. The summed E-state index contributed by atoms with van der Waals surface area (Å²) in [6.45, 7) is 0. The second-order valence-corrected chi connectivity index (χ2v) is 6.68. The molecule has 0 bridgehead atoms. The van der Waals surface area contributed by atoms with E-state index in [0.717, 1.165) is 27.2 Å². The summed E-state index contributed by atoms with van der Waals surface area (Å²) in [5, 5.41) is 15.8. The minimum Gasteiger partial charge on any atom is -0.358 e. The van der Waals surface area contributed by atoms with Crippen molar-refractivity contribution in [2.24, 2.45) is 14.1 Å². The van der Waals surface area contributed by atoms with Gasteiger partial charge in [0.25, 0.3) is 0 Å². The second-order valence-electron chi connectivity index (χ2n) is 6.68. The van der Waals surface area contributed by atoms with Crippen LogP contribution in [0, 0.1) is 10.1 Å². The molecule has 3 aromatic carbocycles. The molecule has 0 radical (unpaired) electrons. The van der Waals surface area contributed by atoms with E-state index in [2.05, 4.69) is 24.3 Å². The van der Waals surface area contributed by atoms with Crippen molar-refractivity contribution in [3.63, 3.8) is 0 Å². The van der Waals surface area contributed by atoms with Gasteiger partial charge in [-0.15, -0.1) is 0 Å². The molecule has 6 nitrogen and oxygen atoms in total. The first-order valence-corrected chi connectivity index (χ1v) is 8.64. The van der Waals surface area contributed by atoms with Gasteiger partial charge in [0.05, 0.1) is 18.1 Å². The Balaban J connectivity index is 1.95. The van der Waals surface area contributed by atoms with Crippen LogP contribution in [-0.4, -0.2) is 19.0 Å². The molecule has 2 aromatic heterocycles. The molecule has 27 heavy (non-hydrogen) atoms. The van der Waals surface area contributed by atoms with Crippen molar-refractivity contribution < 1.29 is 4.92 Å². The van der Waals surface area contributed by atoms with Crippen molar-refractivity contribution in [1.82, 2.24) is 14.1 Å². The van der Waals surface area contributed by atoms with Crippen LogP contribution in [0.1, 0.15) is 0 Å². The molecule has 0 fully saturated rings. The van der Waals surface area contributed by atoms with Crippen LogP contribution in [0.2, 0.25) is 0 Å². The predicted molar refractivity (Wildman–Crippen MR) is 107 cm³/mol. The van der Waals surface area contributed by atoms with E-state index in [0.29, 0.717) is 11.5 Å². The van der Waals surface area contributed by atoms with E-state index in [-0.39, 0.29) is 10.7 Å². The molecule has 0 amide bonds. The molecule has 0 N–H and O–H groups in total. The molecule has 2 heterocycles. The zero-order valence-corrected chi connectivity index (χ0v) is 14.9. The zero-order valence-electron chi connectivity index (χ0n) is 14.9. The van der Waals surface area contributed by atoms with Crippen LogP contribution in [0.25, 0.3) is 44.1 Å². The first-order chi connectivity index (χ1) is 13.1. The van der Waals surface area contributed by atoms with E-state index in [4.69, 9.17) is 4.98 Å². The third-order valence-corrected chi connectivity index (χ3v) is 5.26. The summed E-state index contributed by atoms with van der Waals surface area (Å²) < 4.78 is 3.61. The summed E-state index contributed by atoms with van der Waals surface area (Å²) in [7, 11) is 3.66. The average molecular weight is 356 g/mol. The van der Waals surface area contributed by atoms with Crippen molar-refractivity contribution in [2.45, 2.75) is 0 Å². The largest absolute Gasteiger partial charge is 0.358 e. The van der Waals surface area contributed by atoms with E-state index in [1.807, 2.05) is 35.9 Å². The highest BCUT2D eigenvalue weighted by atomic mass is 16.6. The number of fused-ring (bicyclic) bond motifs is 6. The van der Waals surface area contributed by atoms with Crippen LogP contribution < -0.4 is 0 Å². The predicted octanol–water partition coefficient (Wildman–Crippen LogP) is 4.79. The highest BCUT2D eigenvalue weighted by Gasteiger charge is 2.22. The van der Waals surface area contributed by atoms with E-state index < -0.39 is 0 Å². The molecule has 6 heteroatoms. The molecule has 0 spiro atoms. The van der Waals surface area contributed by atoms with Crippen molar-refractivity contribution in [1.29, 1.82) is 0 Å². The summed E-state index contributed by atoms with van der Waals surface area (Å²) in [6.07, 6.45) is 0. The summed E-state index contributed by atoms with van der Waals surface area (Å²) in [4.78, 5) is 15.8. The van der Waals surface area contributed by atoms with Gasteiger partial charge in [-0.25, -0.2) is 9.55 Å². The van der Waals surface area contributed by atoms with Crippen LogP contribution in [0.5, 0.6) is 0 Å². The minimum atomic E-state index is -0.378. The van der Waals surface area contributed by atoms with Crippen molar-refractivity contribution in [2.75, 3.05) is 0 Å². The second kappa shape index (κ2) is 5.41. The Bertz CT molecular complexity index is 1380. The summed E-state index contributed by atoms with van der Waals surface area (Å²) in [5.74, 6) is 0.758. The number of nitrogens with zero attached hydrogens (tertiary/aromatic N) is 4. The smallest absolute Gasteiger partial charge is 0.323 e. The Kier molecular flexibility index (Phi) is 3.12. The van der Waals surface area contributed by atoms with Gasteiger partial charge in [0, 0.05) is 23.9 Å². The Morgan fingerprint density at radius 3 is 2.04 bits per heavy atom. The fourth-order valence-corrected chi connectivity index (χ4v) is 3.98. The van der Waals surface area contributed by atoms with Crippen LogP contribution in [0.4, 0.5) is 5.82 Å². The molecule has 0 unspecified atom stereocenters. The topological polar surface area (TPSA) is 65.9 Å². The molecule has 0 aliphatic carbocycles. The summed E-state index contributed by atoms with van der Waals surface area (Å²) in [5.41, 5.74) is 2.65. The molecule has 0 saturated carbocycles. The van der Waals surface area contributed by atoms with Crippen LogP contribution in [0.3, 0.4) is 0 Å². The number of hydrogen-bond donors (Lipinski definition) is 0. The van der Waals surface area contributed by atoms with E-state index in [1.165, 1.54) is 11.5 Å². The zero-order chi connectivity index (χ0) is 18.7. The number of aromatic nitrogens is 3. The van der Waals surface area contributed by atoms with Gasteiger partial charge in [-0.1, -0.05) is 48.5 Å². The Morgan fingerprint density at radius 1 is 0.815 bits per heavy atom. The molecule has 5 aromatic rings. The van der Waals surface area contributed by atoms with Gasteiger partial charge in [0.2, 0.25) is 0 Å². The van der Waals surface area contributed by atoms with Gasteiger partial charge in [0.1, 0.15) is 0 Å². The Hall–Kier alpha value is -3.67. The highest BCUT2D eigenvalue weighted by molar-refractivity contribution is 6.23. The lowest BCUT2D eigenvalue weighted by Gasteiger charge is -2.07. The fourth-order valence-electron chi connectivity index (χ4n) is 3.98. The molecular formula is C21H16N4O2. The van der Waals surface area contributed by atoms with E-state index in [1.54, 1.807) is 17.7 Å². The highest BCUT2D eigenvalue weighted by Crippen LogP contribution is 2.37. The first-order valence-electron chi connectivity index (χ1n) is 8.64. The van der Waals surface area contributed by atoms with Crippen LogP contribution in [-0.2, 0) is 14.1 Å². The number of aryl methyl sites for hydroxylation is 1. The molecule has 0 aliphatic rings. The standard InChI is InChI=1S/C21H16N4O2/c1-23-17(11-12-18(23)25(26)27)21-22-19-15-9-5-3-7-13(15)14-8-4-6-10-16(14)20(19)24(21)2/h3-12H,1-2H3. The lowest BCUT2D eigenvalue weighted by atomic mass is 10.00. The van der Waals surface area contributed by atoms with Gasteiger partial charge < -0.3 is 14.7 Å². The quantitative estimate of drug-likeness (QED) is 0.259. The van der Waals surface area contributed by atoms with Gasteiger partial charge in [-0.3, -0.25) is 0 Å². The maximum Gasteiger partial charge on any atom is 0.323 e. The lowest BCUT2D eigenvalue weighted by molar-refractivity contribution is -0.391. The average Bonchev–Trinajstić information content (AvgIpc) is 3.22. The van der Waals surface area contributed by atoms with Crippen molar-refractivity contribution >= 4 is 38.4 Å². The van der Waals surface area contributed by atoms with Crippen molar-refractivity contribution in [3.05, 3.63) is 70.8 Å². The van der Waals surface area contributed by atoms with Crippen LogP contribution >= 0.6 is 0 Å². The van der Waals surface area contributed by atoms with Gasteiger partial charge in [-0.2, -0.15) is 0 Å². The number of nitro groups is 1. The van der Waals surface area contributed by atoms with E-state index >= 15 is 0 Å². The number of rotatable bonds is 2. The third kappa shape index (κ3) is 2.04. The molecule has 0 aliphatic heterocycles. The molecule has 5 rings (SSSR count). The molecule has 0 atom stereocenters. The van der Waals surface area contributed by atoms with Gasteiger partial charge in [-0.05, 0) is 21.8 Å². The summed E-state index contributed by atoms with van der Waals surface area (Å²) >= 11 is 0. The monoisotopic (exact) mass is 356 g/mol. The van der Waals surface area contributed by atoms with Crippen molar-refractivity contribution in [3.8, 4) is 11.5 Å². The van der Waals surface area contributed by atoms with Gasteiger partial charge in [0.15, 0.2) is 11.5 Å². The first kappa shape index (κ1) is 15.6. The number of hydrogen-bond acceptors (Lipinski definition) is 3. The van der Waals surface area contributed by atoms with Crippen LogP contribution in [0.15, 0.2) is 60.7 Å². The number of benzene rings is 3. The Morgan fingerprint density at radius 2 is 1.41 bits per heavy atom. The normalized spacial score (nSPS) is 11.6. The van der Waals surface area contributed by atoms with E-state index in [9.17, 15) is 10.1 Å². The maximum absolute atomic E-state index is 11.2. The van der Waals surface area contributed by atoms with Gasteiger partial charge >= 0.3 is 5.82 Å². The number of imidazole rings is 1. The lowest BCUT2D eigenvalue weighted by Crippen LogP contribution is -2.01. The summed E-state index contributed by atoms with van der Waals surface area (Å²) in [6, 6.07) is 19.8. The molecule has 0 saturated heterocycles. The molecular weight excluding hydrogens is 340 g/mol. The minimum absolute atomic E-state index is 0.0479. The molecule has 132 valence electrons. The SMILES string of the molecule is Cn1c(-c2nc3c4ccccc4c4ccccc4c3n2C)ccc1[N+](=O)[O-]. The maximum atomic E-state index is 11.2. The fraction of sp³-hybridized carbons (Fsp3) is 0.0952. The Labute approximate surface area is 154 Å².